The summed E-state index contributed by atoms with van der Waals surface area (Å²) in [5.74, 6) is 0.555. The predicted octanol–water partition coefficient (Wildman–Crippen LogP) is 2.39. The first kappa shape index (κ1) is 7.31. The standard InChI is InChI=1S/C8H5ClN2O/c9-7-5-6(1-2-10-7)8-11-3-4-12-8/h1-5H. The van der Waals surface area contributed by atoms with Crippen molar-refractivity contribution >= 4 is 11.6 Å². The van der Waals surface area contributed by atoms with Crippen LogP contribution in [0, 0.1) is 0 Å². The molecule has 0 saturated carbocycles. The fourth-order valence-electron chi connectivity index (χ4n) is 0.902. The zero-order valence-electron chi connectivity index (χ0n) is 6.07. The van der Waals surface area contributed by atoms with Gasteiger partial charge in [0.25, 0.3) is 0 Å². The second-order valence-corrected chi connectivity index (χ2v) is 2.59. The van der Waals surface area contributed by atoms with Crippen molar-refractivity contribution in [3.8, 4) is 11.5 Å². The molecule has 4 heteroatoms. The minimum absolute atomic E-state index is 0.436. The molecule has 0 amide bonds. The van der Waals surface area contributed by atoms with E-state index in [0.717, 1.165) is 5.56 Å². The smallest absolute Gasteiger partial charge is 0.226 e. The third kappa shape index (κ3) is 1.31. The van der Waals surface area contributed by atoms with E-state index in [0.29, 0.717) is 11.0 Å². The van der Waals surface area contributed by atoms with Gasteiger partial charge >= 0.3 is 0 Å². The van der Waals surface area contributed by atoms with Gasteiger partial charge in [-0.1, -0.05) is 11.6 Å². The molecule has 0 bridgehead atoms. The van der Waals surface area contributed by atoms with Crippen LogP contribution in [0.1, 0.15) is 0 Å². The van der Waals surface area contributed by atoms with Crippen LogP contribution in [0.25, 0.3) is 11.5 Å². The lowest BCUT2D eigenvalue weighted by molar-refractivity contribution is 0.574. The van der Waals surface area contributed by atoms with Crippen molar-refractivity contribution in [1.82, 2.24) is 9.97 Å². The van der Waals surface area contributed by atoms with Gasteiger partial charge in [-0.2, -0.15) is 0 Å². The van der Waals surface area contributed by atoms with Crippen LogP contribution < -0.4 is 0 Å². The number of halogens is 1. The van der Waals surface area contributed by atoms with Gasteiger partial charge in [0, 0.05) is 11.8 Å². The Kier molecular flexibility index (Phi) is 1.80. The Hall–Kier alpha value is -1.35. The highest BCUT2D eigenvalue weighted by molar-refractivity contribution is 6.29. The van der Waals surface area contributed by atoms with Gasteiger partial charge in [-0.25, -0.2) is 9.97 Å². The van der Waals surface area contributed by atoms with Gasteiger partial charge in [0.05, 0.1) is 6.20 Å². The Morgan fingerprint density at radius 2 is 2.17 bits per heavy atom. The number of aromatic nitrogens is 2. The fourth-order valence-corrected chi connectivity index (χ4v) is 1.08. The molecule has 0 aliphatic heterocycles. The largest absolute Gasteiger partial charge is 0.445 e. The highest BCUT2D eigenvalue weighted by atomic mass is 35.5. The molecule has 0 fully saturated rings. The van der Waals surface area contributed by atoms with Crippen LogP contribution in [-0.4, -0.2) is 9.97 Å². The molecule has 2 aromatic rings. The molecule has 2 aromatic heterocycles. The van der Waals surface area contributed by atoms with E-state index in [4.69, 9.17) is 16.0 Å². The molecular formula is C8H5ClN2O. The van der Waals surface area contributed by atoms with E-state index in [9.17, 15) is 0 Å². The minimum Gasteiger partial charge on any atom is -0.445 e. The van der Waals surface area contributed by atoms with Crippen molar-refractivity contribution in [1.29, 1.82) is 0 Å². The van der Waals surface area contributed by atoms with Crippen molar-refractivity contribution in [3.63, 3.8) is 0 Å². The van der Waals surface area contributed by atoms with Gasteiger partial charge in [-0.05, 0) is 12.1 Å². The summed E-state index contributed by atoms with van der Waals surface area (Å²) in [7, 11) is 0. The molecule has 2 heterocycles. The van der Waals surface area contributed by atoms with Crippen molar-refractivity contribution < 1.29 is 4.42 Å². The molecule has 12 heavy (non-hydrogen) atoms. The molecule has 0 saturated heterocycles. The number of hydrogen-bond acceptors (Lipinski definition) is 3. The monoisotopic (exact) mass is 180 g/mol. The number of rotatable bonds is 1. The van der Waals surface area contributed by atoms with E-state index in [2.05, 4.69) is 9.97 Å². The molecule has 0 aliphatic carbocycles. The quantitative estimate of drug-likeness (QED) is 0.633. The predicted molar refractivity (Wildman–Crippen MR) is 44.7 cm³/mol. The molecule has 0 radical (unpaired) electrons. The van der Waals surface area contributed by atoms with Crippen molar-refractivity contribution in [2.45, 2.75) is 0 Å². The molecule has 0 spiro atoms. The van der Waals surface area contributed by atoms with Crippen LogP contribution >= 0.6 is 11.6 Å². The average molecular weight is 181 g/mol. The molecule has 0 aromatic carbocycles. The van der Waals surface area contributed by atoms with Crippen molar-refractivity contribution in [3.05, 3.63) is 35.9 Å². The molecular weight excluding hydrogens is 176 g/mol. The zero-order chi connectivity index (χ0) is 8.39. The Labute approximate surface area is 74.0 Å². The second-order valence-electron chi connectivity index (χ2n) is 2.20. The lowest BCUT2D eigenvalue weighted by Gasteiger charge is -1.93. The first-order chi connectivity index (χ1) is 5.86. The van der Waals surface area contributed by atoms with E-state index in [-0.39, 0.29) is 0 Å². The van der Waals surface area contributed by atoms with Crippen LogP contribution in [0.3, 0.4) is 0 Å². The van der Waals surface area contributed by atoms with E-state index < -0.39 is 0 Å². The van der Waals surface area contributed by atoms with E-state index in [1.807, 2.05) is 0 Å². The summed E-state index contributed by atoms with van der Waals surface area (Å²) in [5.41, 5.74) is 0.833. The summed E-state index contributed by atoms with van der Waals surface area (Å²) in [6.45, 7) is 0. The molecule has 0 N–H and O–H groups in total. The molecule has 60 valence electrons. The Morgan fingerprint density at radius 3 is 2.83 bits per heavy atom. The molecule has 0 atom stereocenters. The summed E-state index contributed by atoms with van der Waals surface area (Å²) >= 11 is 5.68. The normalized spacial score (nSPS) is 10.1. The summed E-state index contributed by atoms with van der Waals surface area (Å²) in [5, 5.41) is 0.436. The Bertz CT molecular complexity index is 372. The maximum Gasteiger partial charge on any atom is 0.226 e. The topological polar surface area (TPSA) is 38.9 Å². The van der Waals surface area contributed by atoms with E-state index >= 15 is 0 Å². The molecule has 0 aliphatic rings. The first-order valence-electron chi connectivity index (χ1n) is 3.38. The van der Waals surface area contributed by atoms with E-state index in [1.54, 1.807) is 24.5 Å². The summed E-state index contributed by atoms with van der Waals surface area (Å²) in [6.07, 6.45) is 4.72. The SMILES string of the molecule is Clc1cc(-c2ncco2)ccn1. The summed E-state index contributed by atoms with van der Waals surface area (Å²) in [4.78, 5) is 7.82. The zero-order valence-corrected chi connectivity index (χ0v) is 6.82. The van der Waals surface area contributed by atoms with Gasteiger partial charge in [0.1, 0.15) is 11.4 Å². The van der Waals surface area contributed by atoms with Crippen LogP contribution in [0.5, 0.6) is 0 Å². The molecule has 3 nitrogen and oxygen atoms in total. The summed E-state index contributed by atoms with van der Waals surface area (Å²) < 4.78 is 5.08. The summed E-state index contributed by atoms with van der Waals surface area (Å²) in [6, 6.07) is 3.49. The van der Waals surface area contributed by atoms with Gasteiger partial charge in [-0.15, -0.1) is 0 Å². The lowest BCUT2D eigenvalue weighted by atomic mass is 10.3. The second kappa shape index (κ2) is 2.95. The highest BCUT2D eigenvalue weighted by Crippen LogP contribution is 2.18. The highest BCUT2D eigenvalue weighted by Gasteiger charge is 2.01. The van der Waals surface area contributed by atoms with Gasteiger partial charge in [0.2, 0.25) is 5.89 Å². The maximum atomic E-state index is 5.68. The molecule has 2 rings (SSSR count). The van der Waals surface area contributed by atoms with Gasteiger partial charge < -0.3 is 4.42 Å². The minimum atomic E-state index is 0.436. The fraction of sp³-hybridized carbons (Fsp3) is 0. The number of pyridine rings is 1. The number of oxazole rings is 1. The first-order valence-corrected chi connectivity index (χ1v) is 3.75. The van der Waals surface area contributed by atoms with Gasteiger partial charge in [0.15, 0.2) is 0 Å². The average Bonchev–Trinajstić information content (AvgIpc) is 2.56. The number of hydrogen-bond donors (Lipinski definition) is 0. The maximum absolute atomic E-state index is 5.68. The molecule has 0 unspecified atom stereocenters. The van der Waals surface area contributed by atoms with E-state index in [1.165, 1.54) is 6.26 Å². The van der Waals surface area contributed by atoms with Gasteiger partial charge in [-0.3, -0.25) is 0 Å². The van der Waals surface area contributed by atoms with Crippen LogP contribution in [-0.2, 0) is 0 Å². The lowest BCUT2D eigenvalue weighted by Crippen LogP contribution is -1.78. The van der Waals surface area contributed by atoms with Crippen LogP contribution in [0.4, 0.5) is 0 Å². The third-order valence-corrected chi connectivity index (χ3v) is 1.61. The van der Waals surface area contributed by atoms with Crippen LogP contribution in [0.2, 0.25) is 5.15 Å². The Balaban J connectivity index is 2.48. The Morgan fingerprint density at radius 1 is 1.25 bits per heavy atom. The third-order valence-electron chi connectivity index (χ3n) is 1.41. The van der Waals surface area contributed by atoms with Crippen LogP contribution in [0.15, 0.2) is 35.2 Å². The number of nitrogens with zero attached hydrogens (tertiary/aromatic N) is 2. The van der Waals surface area contributed by atoms with Crippen molar-refractivity contribution in [2.75, 3.05) is 0 Å². The van der Waals surface area contributed by atoms with Crippen molar-refractivity contribution in [2.24, 2.45) is 0 Å².